The number of fused-ring (bicyclic) bond motifs is 2. The lowest BCUT2D eigenvalue weighted by atomic mass is 9.87. The first kappa shape index (κ1) is 9.96. The fraction of sp³-hybridized carbons (Fsp3) is 0.154. The highest BCUT2D eigenvalue weighted by Crippen LogP contribution is 2.27. The van der Waals surface area contributed by atoms with E-state index in [1.54, 1.807) is 19.2 Å². The summed E-state index contributed by atoms with van der Waals surface area (Å²) in [7, 11) is 1.67. The summed E-state index contributed by atoms with van der Waals surface area (Å²) in [6, 6.07) is 5.30. The van der Waals surface area contributed by atoms with Crippen molar-refractivity contribution in [2.75, 3.05) is 0 Å². The Morgan fingerprint density at radius 3 is 2.59 bits per heavy atom. The Morgan fingerprint density at radius 1 is 1.06 bits per heavy atom. The summed E-state index contributed by atoms with van der Waals surface area (Å²) in [6.45, 7) is 1.90. The van der Waals surface area contributed by atoms with Crippen LogP contribution in [0.5, 0.6) is 0 Å². The first-order chi connectivity index (χ1) is 8.09. The van der Waals surface area contributed by atoms with E-state index < -0.39 is 0 Å². The molecule has 3 rings (SSSR count). The number of aryl methyl sites for hydroxylation is 2. The van der Waals surface area contributed by atoms with Crippen molar-refractivity contribution in [1.29, 1.82) is 0 Å². The first-order valence-electron chi connectivity index (χ1n) is 5.31. The molecule has 0 radical (unpaired) electrons. The molecule has 2 aromatic rings. The molecule has 4 nitrogen and oxygen atoms in total. The van der Waals surface area contributed by atoms with E-state index in [0.717, 1.165) is 5.56 Å². The maximum Gasteiger partial charge on any atom is 0.212 e. The molecule has 0 saturated heterocycles. The van der Waals surface area contributed by atoms with Gasteiger partial charge in [-0.15, -0.1) is 0 Å². The van der Waals surface area contributed by atoms with E-state index in [1.165, 1.54) is 10.9 Å². The van der Waals surface area contributed by atoms with Crippen molar-refractivity contribution in [2.24, 2.45) is 7.05 Å². The highest BCUT2D eigenvalue weighted by molar-refractivity contribution is 6.27. The van der Waals surface area contributed by atoms with Gasteiger partial charge >= 0.3 is 0 Å². The van der Waals surface area contributed by atoms with Crippen molar-refractivity contribution >= 4 is 11.6 Å². The Morgan fingerprint density at radius 2 is 1.82 bits per heavy atom. The molecule has 0 N–H and O–H groups in total. The Labute approximate surface area is 97.9 Å². The van der Waals surface area contributed by atoms with Gasteiger partial charge in [-0.25, -0.2) is 0 Å². The molecule has 84 valence electrons. The monoisotopic (exact) mass is 226 g/mol. The Bertz CT molecular complexity index is 668. The third-order valence-electron chi connectivity index (χ3n) is 3.06. The van der Waals surface area contributed by atoms with Gasteiger partial charge in [-0.1, -0.05) is 17.7 Å². The van der Waals surface area contributed by atoms with E-state index in [0.29, 0.717) is 22.4 Å². The molecular weight excluding hydrogens is 216 g/mol. The van der Waals surface area contributed by atoms with E-state index >= 15 is 0 Å². The quantitative estimate of drug-likeness (QED) is 0.583. The van der Waals surface area contributed by atoms with Crippen molar-refractivity contribution in [1.82, 2.24) is 9.78 Å². The Kier molecular flexibility index (Phi) is 1.84. The second-order valence-corrected chi connectivity index (χ2v) is 4.24. The summed E-state index contributed by atoms with van der Waals surface area (Å²) in [6.07, 6.45) is 1.46. The summed E-state index contributed by atoms with van der Waals surface area (Å²) in [5, 5.41) is 3.98. The van der Waals surface area contributed by atoms with Crippen LogP contribution in [0.15, 0.2) is 24.4 Å². The van der Waals surface area contributed by atoms with E-state index in [1.807, 2.05) is 13.0 Å². The zero-order chi connectivity index (χ0) is 12.2. The summed E-state index contributed by atoms with van der Waals surface area (Å²) in [4.78, 5) is 24.4. The molecule has 4 heteroatoms. The van der Waals surface area contributed by atoms with E-state index in [2.05, 4.69) is 5.10 Å². The number of ketones is 2. The number of aromatic nitrogens is 2. The van der Waals surface area contributed by atoms with Gasteiger partial charge in [-0.2, -0.15) is 5.10 Å². The lowest BCUT2D eigenvalue weighted by molar-refractivity contribution is 0.0974. The van der Waals surface area contributed by atoms with Crippen molar-refractivity contribution < 1.29 is 9.59 Å². The third-order valence-corrected chi connectivity index (χ3v) is 3.06. The molecule has 1 heterocycles. The number of nitrogens with zero attached hydrogens (tertiary/aromatic N) is 2. The second kappa shape index (κ2) is 3.13. The standard InChI is InChI=1S/C13H10N2O2/c1-7-3-4-8-9(5-7)13(17)11-10(12(8)16)6-14-15(11)2/h3-6H,1-2H3. The van der Waals surface area contributed by atoms with Gasteiger partial charge in [0.15, 0.2) is 5.78 Å². The lowest BCUT2D eigenvalue weighted by Crippen LogP contribution is -2.22. The molecule has 1 aromatic heterocycles. The van der Waals surface area contributed by atoms with Crippen molar-refractivity contribution in [3.63, 3.8) is 0 Å². The van der Waals surface area contributed by atoms with Crippen LogP contribution in [0.4, 0.5) is 0 Å². The molecule has 0 spiro atoms. The summed E-state index contributed by atoms with van der Waals surface area (Å²) in [5.41, 5.74) is 2.70. The van der Waals surface area contributed by atoms with Crippen LogP contribution in [0.3, 0.4) is 0 Å². The smallest absolute Gasteiger partial charge is 0.212 e. The van der Waals surface area contributed by atoms with Crippen LogP contribution in [0, 0.1) is 6.92 Å². The Hall–Kier alpha value is -2.23. The molecule has 0 saturated carbocycles. The second-order valence-electron chi connectivity index (χ2n) is 4.24. The van der Waals surface area contributed by atoms with Crippen LogP contribution in [0.25, 0.3) is 0 Å². The van der Waals surface area contributed by atoms with Gasteiger partial charge in [0.05, 0.1) is 11.8 Å². The fourth-order valence-electron chi connectivity index (χ4n) is 2.19. The molecule has 0 aliphatic heterocycles. The summed E-state index contributed by atoms with van der Waals surface area (Å²) >= 11 is 0. The molecule has 0 unspecified atom stereocenters. The zero-order valence-corrected chi connectivity index (χ0v) is 9.52. The minimum absolute atomic E-state index is 0.122. The first-order valence-corrected chi connectivity index (χ1v) is 5.31. The topological polar surface area (TPSA) is 52.0 Å². The van der Waals surface area contributed by atoms with Crippen LogP contribution in [0.2, 0.25) is 0 Å². The molecular formula is C13H10N2O2. The summed E-state index contributed by atoms with van der Waals surface area (Å²) in [5.74, 6) is -0.249. The van der Waals surface area contributed by atoms with Crippen LogP contribution in [0.1, 0.15) is 37.5 Å². The van der Waals surface area contributed by atoms with Gasteiger partial charge in [-0.05, 0) is 13.0 Å². The highest BCUT2D eigenvalue weighted by Gasteiger charge is 2.32. The maximum absolute atomic E-state index is 12.3. The minimum Gasteiger partial charge on any atom is -0.288 e. The van der Waals surface area contributed by atoms with E-state index in [9.17, 15) is 9.59 Å². The molecule has 1 aromatic carbocycles. The molecule has 0 fully saturated rings. The van der Waals surface area contributed by atoms with Gasteiger partial charge in [0.2, 0.25) is 5.78 Å². The largest absolute Gasteiger partial charge is 0.288 e. The van der Waals surface area contributed by atoms with Gasteiger partial charge in [-0.3, -0.25) is 14.3 Å². The maximum atomic E-state index is 12.3. The predicted octanol–water partition coefficient (Wildman–Crippen LogP) is 1.50. The predicted molar refractivity (Wildman–Crippen MR) is 61.3 cm³/mol. The molecule has 0 atom stereocenters. The third kappa shape index (κ3) is 1.21. The number of carbonyl (C=O) groups excluding carboxylic acids is 2. The SMILES string of the molecule is Cc1ccc2c(c1)C(=O)c1c(cnn1C)C2=O. The average Bonchev–Trinajstić information content (AvgIpc) is 2.68. The lowest BCUT2D eigenvalue weighted by Gasteiger charge is -2.15. The van der Waals surface area contributed by atoms with Crippen LogP contribution in [-0.4, -0.2) is 21.3 Å². The van der Waals surface area contributed by atoms with Crippen molar-refractivity contribution in [3.8, 4) is 0 Å². The van der Waals surface area contributed by atoms with Gasteiger partial charge < -0.3 is 0 Å². The molecule has 0 amide bonds. The molecule has 17 heavy (non-hydrogen) atoms. The number of rotatable bonds is 0. The van der Waals surface area contributed by atoms with Gasteiger partial charge in [0, 0.05) is 18.2 Å². The number of hydrogen-bond donors (Lipinski definition) is 0. The van der Waals surface area contributed by atoms with Crippen LogP contribution in [-0.2, 0) is 7.05 Å². The van der Waals surface area contributed by atoms with Crippen LogP contribution >= 0.6 is 0 Å². The van der Waals surface area contributed by atoms with Crippen LogP contribution < -0.4 is 0 Å². The number of benzene rings is 1. The zero-order valence-electron chi connectivity index (χ0n) is 9.52. The fourth-order valence-corrected chi connectivity index (χ4v) is 2.19. The van der Waals surface area contributed by atoms with Crippen molar-refractivity contribution in [3.05, 3.63) is 52.3 Å². The Balaban J connectivity index is 2.35. The normalized spacial score (nSPS) is 13.5. The van der Waals surface area contributed by atoms with E-state index in [-0.39, 0.29) is 11.6 Å². The van der Waals surface area contributed by atoms with Crippen molar-refractivity contribution in [2.45, 2.75) is 6.92 Å². The minimum atomic E-state index is -0.127. The van der Waals surface area contributed by atoms with E-state index in [4.69, 9.17) is 0 Å². The molecule has 1 aliphatic carbocycles. The molecule has 0 bridgehead atoms. The average molecular weight is 226 g/mol. The molecule has 1 aliphatic rings. The van der Waals surface area contributed by atoms with Gasteiger partial charge in [0.25, 0.3) is 0 Å². The number of hydrogen-bond acceptors (Lipinski definition) is 3. The highest BCUT2D eigenvalue weighted by atomic mass is 16.1. The number of carbonyl (C=O) groups is 2. The summed E-state index contributed by atoms with van der Waals surface area (Å²) < 4.78 is 1.46. The van der Waals surface area contributed by atoms with Gasteiger partial charge in [0.1, 0.15) is 5.69 Å².